The van der Waals surface area contributed by atoms with Crippen LogP contribution in [0.25, 0.3) is 0 Å². The highest BCUT2D eigenvalue weighted by Crippen LogP contribution is 2.11. The Bertz CT molecular complexity index is 599. The first-order valence-electron chi connectivity index (χ1n) is 7.24. The van der Waals surface area contributed by atoms with Crippen LogP contribution in [0.3, 0.4) is 0 Å². The number of sulfonamides is 1. The SMILES string of the molecule is CCS(=O)(=O)N1CCN(C(C)C(=O)Nc2ncccn2)CC1. The van der Waals surface area contributed by atoms with E-state index in [9.17, 15) is 13.2 Å². The topological polar surface area (TPSA) is 95.5 Å². The van der Waals surface area contributed by atoms with E-state index in [2.05, 4.69) is 15.3 Å². The van der Waals surface area contributed by atoms with Gasteiger partial charge >= 0.3 is 0 Å². The van der Waals surface area contributed by atoms with Crippen molar-refractivity contribution in [3.8, 4) is 0 Å². The lowest BCUT2D eigenvalue weighted by Gasteiger charge is -2.36. The van der Waals surface area contributed by atoms with Gasteiger partial charge in [0.05, 0.1) is 11.8 Å². The third kappa shape index (κ3) is 3.99. The Morgan fingerprint density at radius 2 is 1.86 bits per heavy atom. The van der Waals surface area contributed by atoms with Crippen molar-refractivity contribution in [2.24, 2.45) is 0 Å². The zero-order valence-electron chi connectivity index (χ0n) is 12.8. The number of nitrogens with zero attached hydrogens (tertiary/aromatic N) is 4. The fourth-order valence-corrected chi connectivity index (χ4v) is 3.38. The minimum atomic E-state index is -3.15. The highest BCUT2D eigenvalue weighted by Gasteiger charge is 2.30. The van der Waals surface area contributed by atoms with Gasteiger partial charge in [-0.25, -0.2) is 18.4 Å². The molecular weight excluding hydrogens is 306 g/mol. The molecule has 0 saturated carbocycles. The van der Waals surface area contributed by atoms with Gasteiger partial charge < -0.3 is 0 Å². The summed E-state index contributed by atoms with van der Waals surface area (Å²) < 4.78 is 25.1. The van der Waals surface area contributed by atoms with E-state index >= 15 is 0 Å². The van der Waals surface area contributed by atoms with E-state index in [-0.39, 0.29) is 23.7 Å². The summed E-state index contributed by atoms with van der Waals surface area (Å²) in [6.45, 7) is 5.32. The summed E-state index contributed by atoms with van der Waals surface area (Å²) in [5.41, 5.74) is 0. The van der Waals surface area contributed by atoms with E-state index < -0.39 is 10.0 Å². The molecule has 1 amide bonds. The van der Waals surface area contributed by atoms with Gasteiger partial charge in [-0.15, -0.1) is 0 Å². The maximum absolute atomic E-state index is 12.2. The normalized spacial score (nSPS) is 18.8. The Morgan fingerprint density at radius 3 is 2.41 bits per heavy atom. The number of hydrogen-bond acceptors (Lipinski definition) is 6. The van der Waals surface area contributed by atoms with E-state index in [0.717, 1.165) is 0 Å². The number of hydrogen-bond donors (Lipinski definition) is 1. The van der Waals surface area contributed by atoms with Crippen LogP contribution in [0.15, 0.2) is 18.5 Å². The first-order chi connectivity index (χ1) is 10.4. The van der Waals surface area contributed by atoms with Crippen LogP contribution < -0.4 is 5.32 Å². The lowest BCUT2D eigenvalue weighted by Crippen LogP contribution is -2.54. The molecule has 9 heteroatoms. The summed E-state index contributed by atoms with van der Waals surface area (Å²) in [7, 11) is -3.15. The summed E-state index contributed by atoms with van der Waals surface area (Å²) in [6.07, 6.45) is 3.11. The molecule has 1 aliphatic heterocycles. The third-order valence-corrected chi connectivity index (χ3v) is 5.64. The number of anilines is 1. The van der Waals surface area contributed by atoms with Crippen molar-refractivity contribution in [1.82, 2.24) is 19.2 Å². The molecular formula is C13H21N5O3S. The van der Waals surface area contributed by atoms with E-state index in [1.54, 1.807) is 32.3 Å². The zero-order chi connectivity index (χ0) is 16.2. The fourth-order valence-electron chi connectivity index (χ4n) is 2.30. The molecule has 0 radical (unpaired) electrons. The van der Waals surface area contributed by atoms with Crippen molar-refractivity contribution in [2.75, 3.05) is 37.2 Å². The van der Waals surface area contributed by atoms with Gasteiger partial charge in [0.25, 0.3) is 0 Å². The summed E-state index contributed by atoms with van der Waals surface area (Å²) in [5.74, 6) is 0.179. The summed E-state index contributed by atoms with van der Waals surface area (Å²) >= 11 is 0. The molecule has 0 spiro atoms. The molecule has 2 rings (SSSR count). The van der Waals surface area contributed by atoms with Crippen molar-refractivity contribution in [3.63, 3.8) is 0 Å². The molecule has 1 unspecified atom stereocenters. The summed E-state index contributed by atoms with van der Waals surface area (Å²) in [4.78, 5) is 22.0. The Labute approximate surface area is 130 Å². The molecule has 1 fully saturated rings. The maximum atomic E-state index is 12.2. The van der Waals surface area contributed by atoms with Crippen molar-refractivity contribution >= 4 is 21.9 Å². The number of nitrogens with one attached hydrogen (secondary N) is 1. The molecule has 0 aromatic carbocycles. The molecule has 1 aliphatic rings. The lowest BCUT2D eigenvalue weighted by molar-refractivity contribution is -0.121. The van der Waals surface area contributed by atoms with Gasteiger partial charge in [-0.1, -0.05) is 0 Å². The minimum absolute atomic E-state index is 0.106. The Kier molecular flexibility index (Phi) is 5.43. The number of carbonyl (C=O) groups excluding carboxylic acids is 1. The second-order valence-electron chi connectivity index (χ2n) is 5.07. The second-order valence-corrected chi connectivity index (χ2v) is 7.33. The predicted octanol–water partition coefficient (Wildman–Crippen LogP) is -0.229. The van der Waals surface area contributed by atoms with Gasteiger partial charge in [-0.3, -0.25) is 15.0 Å². The molecule has 1 atom stereocenters. The second kappa shape index (κ2) is 7.12. The van der Waals surface area contributed by atoms with Crippen molar-refractivity contribution in [3.05, 3.63) is 18.5 Å². The standard InChI is InChI=1S/C13H21N5O3S/c1-3-22(20,21)18-9-7-17(8-10-18)11(2)12(19)16-13-14-5-4-6-15-13/h4-6,11H,3,7-10H2,1-2H3,(H,14,15,16,19). The van der Waals surface area contributed by atoms with E-state index in [4.69, 9.17) is 0 Å². The molecule has 0 bridgehead atoms. The van der Waals surface area contributed by atoms with Crippen molar-refractivity contribution < 1.29 is 13.2 Å². The van der Waals surface area contributed by atoms with Gasteiger partial charge in [0.15, 0.2) is 0 Å². The zero-order valence-corrected chi connectivity index (χ0v) is 13.6. The predicted molar refractivity (Wildman–Crippen MR) is 82.7 cm³/mol. The monoisotopic (exact) mass is 327 g/mol. The molecule has 2 heterocycles. The van der Waals surface area contributed by atoms with E-state index in [1.165, 1.54) is 4.31 Å². The van der Waals surface area contributed by atoms with Crippen LogP contribution in [0, 0.1) is 0 Å². The van der Waals surface area contributed by atoms with Gasteiger partial charge in [0.1, 0.15) is 0 Å². The molecule has 0 aliphatic carbocycles. The molecule has 122 valence electrons. The minimum Gasteiger partial charge on any atom is -0.293 e. The lowest BCUT2D eigenvalue weighted by atomic mass is 10.2. The fraction of sp³-hybridized carbons (Fsp3) is 0.615. The molecule has 1 aromatic heterocycles. The van der Waals surface area contributed by atoms with Gasteiger partial charge in [-0.2, -0.15) is 4.31 Å². The molecule has 1 aromatic rings. The number of carbonyl (C=O) groups is 1. The third-order valence-electron chi connectivity index (χ3n) is 3.76. The van der Waals surface area contributed by atoms with Crippen LogP contribution in [0.4, 0.5) is 5.95 Å². The van der Waals surface area contributed by atoms with Gasteiger partial charge in [0, 0.05) is 38.6 Å². The molecule has 1 saturated heterocycles. The molecule has 8 nitrogen and oxygen atoms in total. The van der Waals surface area contributed by atoms with Crippen molar-refractivity contribution in [1.29, 1.82) is 0 Å². The van der Waals surface area contributed by atoms with Gasteiger partial charge in [-0.05, 0) is 19.9 Å². The number of aromatic nitrogens is 2. The average Bonchev–Trinajstić information content (AvgIpc) is 2.55. The van der Waals surface area contributed by atoms with E-state index in [1.807, 2.05) is 4.90 Å². The van der Waals surface area contributed by atoms with Crippen LogP contribution in [0.1, 0.15) is 13.8 Å². The Balaban J connectivity index is 1.89. The van der Waals surface area contributed by atoms with Crippen LogP contribution in [0.5, 0.6) is 0 Å². The largest absolute Gasteiger partial charge is 0.293 e. The van der Waals surface area contributed by atoms with Crippen LogP contribution >= 0.6 is 0 Å². The molecule has 1 N–H and O–H groups in total. The number of amides is 1. The average molecular weight is 327 g/mol. The highest BCUT2D eigenvalue weighted by molar-refractivity contribution is 7.89. The first-order valence-corrected chi connectivity index (χ1v) is 8.84. The van der Waals surface area contributed by atoms with Crippen LogP contribution in [-0.2, 0) is 14.8 Å². The van der Waals surface area contributed by atoms with Crippen LogP contribution in [0.2, 0.25) is 0 Å². The van der Waals surface area contributed by atoms with Crippen LogP contribution in [-0.4, -0.2) is 71.5 Å². The van der Waals surface area contributed by atoms with Gasteiger partial charge in [0.2, 0.25) is 21.9 Å². The smallest absolute Gasteiger partial charge is 0.243 e. The summed E-state index contributed by atoms with van der Waals surface area (Å²) in [5, 5.41) is 2.66. The van der Waals surface area contributed by atoms with Crippen molar-refractivity contribution in [2.45, 2.75) is 19.9 Å². The maximum Gasteiger partial charge on any atom is 0.243 e. The quantitative estimate of drug-likeness (QED) is 0.803. The summed E-state index contributed by atoms with van der Waals surface area (Å²) in [6, 6.07) is 1.31. The number of piperazine rings is 1. The molecule has 22 heavy (non-hydrogen) atoms. The first kappa shape index (κ1) is 16.8. The highest BCUT2D eigenvalue weighted by atomic mass is 32.2. The Morgan fingerprint density at radius 1 is 1.27 bits per heavy atom. The Hall–Kier alpha value is -1.58. The van der Waals surface area contributed by atoms with E-state index in [0.29, 0.717) is 26.2 Å². The number of rotatable bonds is 5.